The number of pyridine rings is 1. The molecule has 0 saturated carbocycles. The van der Waals surface area contributed by atoms with Crippen LogP contribution < -0.4 is 15.4 Å². The molecule has 0 saturated heterocycles. The largest absolute Gasteiger partial charge is 0.475 e. The zero-order valence-corrected chi connectivity index (χ0v) is 12.6. The van der Waals surface area contributed by atoms with Crippen molar-refractivity contribution < 1.29 is 9.47 Å². The zero-order chi connectivity index (χ0) is 14.8. The molecule has 0 radical (unpaired) electrons. The van der Waals surface area contributed by atoms with Gasteiger partial charge in [0.05, 0.1) is 12.7 Å². The number of aliphatic imine (C=N–C) groups is 1. The third-order valence-electron chi connectivity index (χ3n) is 2.44. The van der Waals surface area contributed by atoms with Gasteiger partial charge in [0, 0.05) is 39.5 Å². The third-order valence-corrected chi connectivity index (χ3v) is 2.44. The number of hydrogen-bond donors (Lipinski definition) is 2. The average Bonchev–Trinajstić information content (AvgIpc) is 2.43. The van der Waals surface area contributed by atoms with Crippen LogP contribution >= 0.6 is 0 Å². The van der Waals surface area contributed by atoms with Crippen molar-refractivity contribution in [2.75, 3.05) is 27.3 Å². The van der Waals surface area contributed by atoms with E-state index >= 15 is 0 Å². The van der Waals surface area contributed by atoms with E-state index in [1.807, 2.05) is 26.0 Å². The Bertz CT molecular complexity index is 404. The van der Waals surface area contributed by atoms with Crippen LogP contribution in [0.5, 0.6) is 5.88 Å². The summed E-state index contributed by atoms with van der Waals surface area (Å²) in [5.74, 6) is 1.39. The van der Waals surface area contributed by atoms with E-state index in [0.29, 0.717) is 19.0 Å². The van der Waals surface area contributed by atoms with Gasteiger partial charge in [-0.1, -0.05) is 6.07 Å². The van der Waals surface area contributed by atoms with Crippen molar-refractivity contribution in [1.82, 2.24) is 15.6 Å². The second-order valence-corrected chi connectivity index (χ2v) is 4.52. The van der Waals surface area contributed by atoms with Crippen molar-refractivity contribution in [3.05, 3.63) is 23.9 Å². The van der Waals surface area contributed by atoms with Crippen LogP contribution in [0.2, 0.25) is 0 Å². The van der Waals surface area contributed by atoms with E-state index in [1.165, 1.54) is 0 Å². The highest BCUT2D eigenvalue weighted by atomic mass is 16.5. The summed E-state index contributed by atoms with van der Waals surface area (Å²) in [7, 11) is 3.41. The Hall–Kier alpha value is -1.82. The van der Waals surface area contributed by atoms with E-state index in [-0.39, 0.29) is 6.10 Å². The smallest absolute Gasteiger partial charge is 0.213 e. The Balaban J connectivity index is 2.40. The third kappa shape index (κ3) is 6.38. The molecule has 1 rings (SSSR count). The van der Waals surface area contributed by atoms with Gasteiger partial charge in [-0.3, -0.25) is 4.99 Å². The minimum absolute atomic E-state index is 0.135. The van der Waals surface area contributed by atoms with E-state index in [9.17, 15) is 0 Å². The Morgan fingerprint density at radius 3 is 2.70 bits per heavy atom. The molecule has 0 bridgehead atoms. The molecule has 0 aliphatic rings. The standard InChI is InChI=1S/C14H24N4O2/c1-11(2)20-13-6-5-12(9-17-13)10-18-14(15-3)16-7-8-19-4/h5-6,9,11H,7-8,10H2,1-4H3,(H2,15,16,18). The van der Waals surface area contributed by atoms with E-state index in [1.54, 1.807) is 20.4 Å². The Morgan fingerprint density at radius 2 is 2.15 bits per heavy atom. The van der Waals surface area contributed by atoms with Crippen LogP contribution in [0.1, 0.15) is 19.4 Å². The quantitative estimate of drug-likeness (QED) is 0.446. The molecule has 0 aliphatic carbocycles. The summed E-state index contributed by atoms with van der Waals surface area (Å²) in [6, 6.07) is 3.86. The highest BCUT2D eigenvalue weighted by Crippen LogP contribution is 2.09. The highest BCUT2D eigenvalue weighted by molar-refractivity contribution is 5.79. The van der Waals surface area contributed by atoms with Gasteiger partial charge < -0.3 is 20.1 Å². The number of methoxy groups -OCH3 is 1. The number of aromatic nitrogens is 1. The van der Waals surface area contributed by atoms with E-state index < -0.39 is 0 Å². The topological polar surface area (TPSA) is 67.8 Å². The SMILES string of the molecule is CN=C(NCCOC)NCc1ccc(OC(C)C)nc1. The summed E-state index contributed by atoms with van der Waals surface area (Å²) in [4.78, 5) is 8.38. The van der Waals surface area contributed by atoms with Gasteiger partial charge in [-0.25, -0.2) is 4.98 Å². The number of hydrogen-bond acceptors (Lipinski definition) is 4. The lowest BCUT2D eigenvalue weighted by atomic mass is 10.3. The summed E-state index contributed by atoms with van der Waals surface area (Å²) < 4.78 is 10.5. The van der Waals surface area contributed by atoms with Gasteiger partial charge in [0.15, 0.2) is 5.96 Å². The molecule has 0 fully saturated rings. The zero-order valence-electron chi connectivity index (χ0n) is 12.6. The lowest BCUT2D eigenvalue weighted by Gasteiger charge is -2.12. The Labute approximate surface area is 120 Å². The number of nitrogens with zero attached hydrogens (tertiary/aromatic N) is 2. The molecule has 1 aromatic heterocycles. The van der Waals surface area contributed by atoms with Crippen LogP contribution in [0.4, 0.5) is 0 Å². The van der Waals surface area contributed by atoms with Gasteiger partial charge in [-0.2, -0.15) is 0 Å². The molecule has 6 nitrogen and oxygen atoms in total. The first-order chi connectivity index (χ1) is 9.65. The molecule has 0 aromatic carbocycles. The first kappa shape index (κ1) is 16.2. The normalized spacial score (nSPS) is 11.6. The van der Waals surface area contributed by atoms with Crippen molar-refractivity contribution in [1.29, 1.82) is 0 Å². The predicted octanol–water partition coefficient (Wildman–Crippen LogP) is 1.18. The first-order valence-corrected chi connectivity index (χ1v) is 6.70. The highest BCUT2D eigenvalue weighted by Gasteiger charge is 2.01. The van der Waals surface area contributed by atoms with Crippen molar-refractivity contribution in [2.24, 2.45) is 4.99 Å². The van der Waals surface area contributed by atoms with Gasteiger partial charge >= 0.3 is 0 Å². The second kappa shape index (κ2) is 9.14. The molecule has 0 amide bonds. The lowest BCUT2D eigenvalue weighted by molar-refractivity contribution is 0.203. The molecule has 0 unspecified atom stereocenters. The number of ether oxygens (including phenoxy) is 2. The average molecular weight is 280 g/mol. The number of nitrogens with one attached hydrogen (secondary N) is 2. The molecule has 6 heteroatoms. The van der Waals surface area contributed by atoms with Crippen LogP contribution in [-0.4, -0.2) is 44.4 Å². The van der Waals surface area contributed by atoms with Gasteiger partial charge in [-0.05, 0) is 19.4 Å². The molecular formula is C14H24N4O2. The van der Waals surface area contributed by atoms with Crippen LogP contribution in [-0.2, 0) is 11.3 Å². The number of rotatable bonds is 7. The lowest BCUT2D eigenvalue weighted by Crippen LogP contribution is -2.38. The first-order valence-electron chi connectivity index (χ1n) is 6.70. The molecule has 1 aromatic rings. The molecule has 0 spiro atoms. The van der Waals surface area contributed by atoms with Crippen molar-refractivity contribution >= 4 is 5.96 Å². The molecule has 0 atom stereocenters. The Morgan fingerprint density at radius 1 is 1.35 bits per heavy atom. The molecular weight excluding hydrogens is 256 g/mol. The van der Waals surface area contributed by atoms with Crippen LogP contribution in [0.15, 0.2) is 23.3 Å². The fourth-order valence-corrected chi connectivity index (χ4v) is 1.50. The Kier molecular flexibility index (Phi) is 7.42. The summed E-state index contributed by atoms with van der Waals surface area (Å²) in [5, 5.41) is 6.35. The monoisotopic (exact) mass is 280 g/mol. The summed E-state index contributed by atoms with van der Waals surface area (Å²) in [6.45, 7) is 5.97. The maximum absolute atomic E-state index is 5.50. The fourth-order valence-electron chi connectivity index (χ4n) is 1.50. The maximum Gasteiger partial charge on any atom is 0.213 e. The summed E-state index contributed by atoms with van der Waals surface area (Å²) in [5.41, 5.74) is 1.07. The maximum atomic E-state index is 5.50. The predicted molar refractivity (Wildman–Crippen MR) is 80.1 cm³/mol. The summed E-state index contributed by atoms with van der Waals surface area (Å²) >= 11 is 0. The molecule has 2 N–H and O–H groups in total. The molecule has 1 heterocycles. The van der Waals surface area contributed by atoms with Crippen LogP contribution in [0, 0.1) is 0 Å². The van der Waals surface area contributed by atoms with E-state index in [2.05, 4.69) is 20.6 Å². The van der Waals surface area contributed by atoms with E-state index in [0.717, 1.165) is 18.1 Å². The summed E-state index contributed by atoms with van der Waals surface area (Å²) in [6.07, 6.45) is 1.93. The van der Waals surface area contributed by atoms with Crippen molar-refractivity contribution in [2.45, 2.75) is 26.5 Å². The second-order valence-electron chi connectivity index (χ2n) is 4.52. The minimum Gasteiger partial charge on any atom is -0.475 e. The number of guanidine groups is 1. The molecule has 112 valence electrons. The van der Waals surface area contributed by atoms with Crippen molar-refractivity contribution in [3.8, 4) is 5.88 Å². The molecule has 20 heavy (non-hydrogen) atoms. The van der Waals surface area contributed by atoms with Gasteiger partial charge in [0.1, 0.15) is 0 Å². The minimum atomic E-state index is 0.135. The fraction of sp³-hybridized carbons (Fsp3) is 0.571. The molecule has 0 aliphatic heterocycles. The van der Waals surface area contributed by atoms with Gasteiger partial charge in [-0.15, -0.1) is 0 Å². The van der Waals surface area contributed by atoms with Crippen LogP contribution in [0.3, 0.4) is 0 Å². The van der Waals surface area contributed by atoms with Crippen molar-refractivity contribution in [3.63, 3.8) is 0 Å². The van der Waals surface area contributed by atoms with Gasteiger partial charge in [0.25, 0.3) is 0 Å². The van der Waals surface area contributed by atoms with Crippen LogP contribution in [0.25, 0.3) is 0 Å². The van der Waals surface area contributed by atoms with E-state index in [4.69, 9.17) is 9.47 Å². The van der Waals surface area contributed by atoms with Gasteiger partial charge in [0.2, 0.25) is 5.88 Å².